The number of nitrogens with zero attached hydrogens (tertiary/aromatic N) is 2. The van der Waals surface area contributed by atoms with Gasteiger partial charge in [-0.1, -0.05) is 6.07 Å². The Bertz CT molecular complexity index is 1220. The number of ether oxygens (including phenoxy) is 1. The standard InChI is InChI=1S/C22H22FN5O3/c23-15-8-12(4-5-14(15)20(24)29)22-27-16-9-13(26-18(21(25)30)11-2-3-11)10-17-19(16)28(22)6-1-7-31-17/h4-5,8-11,18,26H,1-3,6-7H2,(H2,24,29)(H2,25,30)/t18-/m0/s1. The smallest absolute Gasteiger partial charge is 0.251 e. The molecule has 160 valence electrons. The Kier molecular flexibility index (Phi) is 4.53. The van der Waals surface area contributed by atoms with Gasteiger partial charge < -0.3 is 26.1 Å². The third-order valence-corrected chi connectivity index (χ3v) is 5.81. The molecule has 1 aliphatic heterocycles. The van der Waals surface area contributed by atoms with Gasteiger partial charge in [-0.3, -0.25) is 9.59 Å². The molecule has 5 rings (SSSR count). The highest BCUT2D eigenvalue weighted by molar-refractivity contribution is 5.94. The Balaban J connectivity index is 1.61. The molecule has 1 aliphatic carbocycles. The highest BCUT2D eigenvalue weighted by Crippen LogP contribution is 2.38. The van der Waals surface area contributed by atoms with Gasteiger partial charge >= 0.3 is 0 Å². The monoisotopic (exact) mass is 423 g/mol. The summed E-state index contributed by atoms with van der Waals surface area (Å²) in [5.74, 6) is -0.432. The Morgan fingerprint density at radius 3 is 2.71 bits per heavy atom. The van der Waals surface area contributed by atoms with Crippen molar-refractivity contribution in [1.29, 1.82) is 0 Å². The number of benzene rings is 2. The maximum atomic E-state index is 14.4. The van der Waals surface area contributed by atoms with Crippen molar-refractivity contribution in [1.82, 2.24) is 9.55 Å². The Morgan fingerprint density at radius 1 is 1.23 bits per heavy atom. The van der Waals surface area contributed by atoms with Gasteiger partial charge in [0.2, 0.25) is 5.91 Å². The topological polar surface area (TPSA) is 125 Å². The van der Waals surface area contributed by atoms with Crippen LogP contribution < -0.4 is 21.5 Å². The molecule has 0 spiro atoms. The van der Waals surface area contributed by atoms with Crippen molar-refractivity contribution < 1.29 is 18.7 Å². The number of halogens is 1. The van der Waals surface area contributed by atoms with Gasteiger partial charge in [0.05, 0.1) is 17.7 Å². The zero-order valence-corrected chi connectivity index (χ0v) is 16.7. The zero-order valence-electron chi connectivity index (χ0n) is 16.7. The molecule has 8 nitrogen and oxygen atoms in total. The minimum atomic E-state index is -0.818. The first kappa shape index (κ1) is 19.3. The molecule has 0 unspecified atom stereocenters. The largest absolute Gasteiger partial charge is 0.491 e. The molecule has 2 heterocycles. The van der Waals surface area contributed by atoms with Crippen LogP contribution in [0.2, 0.25) is 0 Å². The third kappa shape index (κ3) is 3.45. The quantitative estimate of drug-likeness (QED) is 0.561. The molecule has 0 bridgehead atoms. The molecule has 0 saturated heterocycles. The molecule has 1 atom stereocenters. The minimum absolute atomic E-state index is 0.163. The molecule has 5 N–H and O–H groups in total. The molecule has 3 aromatic rings. The van der Waals surface area contributed by atoms with Gasteiger partial charge in [-0.2, -0.15) is 0 Å². The second-order valence-electron chi connectivity index (χ2n) is 8.05. The molecule has 1 fully saturated rings. The number of nitrogens with one attached hydrogen (secondary N) is 1. The average molecular weight is 423 g/mol. The van der Waals surface area contributed by atoms with Gasteiger partial charge in [0, 0.05) is 23.9 Å². The third-order valence-electron chi connectivity index (χ3n) is 5.81. The fourth-order valence-electron chi connectivity index (χ4n) is 4.15. The fourth-order valence-corrected chi connectivity index (χ4v) is 4.15. The molecular formula is C22H22FN5O3. The van der Waals surface area contributed by atoms with Crippen molar-refractivity contribution in [3.63, 3.8) is 0 Å². The summed E-state index contributed by atoms with van der Waals surface area (Å²) in [5, 5.41) is 3.23. The van der Waals surface area contributed by atoms with Gasteiger partial charge in [0.1, 0.15) is 28.9 Å². The van der Waals surface area contributed by atoms with Crippen LogP contribution in [0.4, 0.5) is 10.1 Å². The maximum Gasteiger partial charge on any atom is 0.251 e. The summed E-state index contributed by atoms with van der Waals surface area (Å²) in [4.78, 5) is 28.0. The van der Waals surface area contributed by atoms with Crippen LogP contribution in [0.3, 0.4) is 0 Å². The molecule has 9 heteroatoms. The number of aromatic nitrogens is 2. The van der Waals surface area contributed by atoms with E-state index in [4.69, 9.17) is 21.2 Å². The van der Waals surface area contributed by atoms with Crippen LogP contribution in [0.25, 0.3) is 22.4 Å². The first-order valence-corrected chi connectivity index (χ1v) is 10.2. The van der Waals surface area contributed by atoms with Crippen molar-refractivity contribution in [2.45, 2.75) is 31.8 Å². The van der Waals surface area contributed by atoms with E-state index >= 15 is 0 Å². The van der Waals surface area contributed by atoms with Crippen molar-refractivity contribution in [2.24, 2.45) is 17.4 Å². The Labute approximate surface area is 177 Å². The summed E-state index contributed by atoms with van der Waals surface area (Å²) in [5.41, 5.74) is 13.3. The minimum Gasteiger partial charge on any atom is -0.491 e. The number of imidazole rings is 1. The van der Waals surface area contributed by atoms with Crippen molar-refractivity contribution in [3.05, 3.63) is 41.7 Å². The second kappa shape index (κ2) is 7.26. The first-order valence-electron chi connectivity index (χ1n) is 10.2. The van der Waals surface area contributed by atoms with Crippen molar-refractivity contribution in [3.8, 4) is 17.1 Å². The fraction of sp³-hybridized carbons (Fsp3) is 0.318. The lowest BCUT2D eigenvalue weighted by Gasteiger charge is -2.17. The lowest BCUT2D eigenvalue weighted by atomic mass is 10.1. The predicted molar refractivity (Wildman–Crippen MR) is 113 cm³/mol. The number of hydrogen-bond acceptors (Lipinski definition) is 5. The van der Waals surface area contributed by atoms with E-state index in [2.05, 4.69) is 5.32 Å². The van der Waals surface area contributed by atoms with E-state index in [1.165, 1.54) is 12.1 Å². The van der Waals surface area contributed by atoms with Gasteiger partial charge in [-0.15, -0.1) is 0 Å². The lowest BCUT2D eigenvalue weighted by Crippen LogP contribution is -2.37. The van der Waals surface area contributed by atoms with Crippen LogP contribution in [0, 0.1) is 11.7 Å². The van der Waals surface area contributed by atoms with E-state index in [0.717, 1.165) is 24.8 Å². The lowest BCUT2D eigenvalue weighted by molar-refractivity contribution is -0.119. The van der Waals surface area contributed by atoms with Gasteiger partial charge in [-0.25, -0.2) is 9.37 Å². The number of hydrogen-bond donors (Lipinski definition) is 3. The van der Waals surface area contributed by atoms with Crippen LogP contribution >= 0.6 is 0 Å². The molecule has 2 amide bonds. The van der Waals surface area contributed by atoms with E-state index in [0.29, 0.717) is 41.5 Å². The number of nitrogens with two attached hydrogens (primary N) is 2. The van der Waals surface area contributed by atoms with E-state index in [9.17, 15) is 14.0 Å². The van der Waals surface area contributed by atoms with Gasteiger partial charge in [-0.05, 0) is 43.4 Å². The zero-order chi connectivity index (χ0) is 21.7. The molecular weight excluding hydrogens is 401 g/mol. The normalized spacial score (nSPS) is 16.4. The highest BCUT2D eigenvalue weighted by Gasteiger charge is 2.35. The molecule has 31 heavy (non-hydrogen) atoms. The van der Waals surface area contributed by atoms with Crippen LogP contribution in [-0.4, -0.2) is 34.0 Å². The van der Waals surface area contributed by atoms with E-state index in [1.54, 1.807) is 6.07 Å². The predicted octanol–water partition coefficient (Wildman–Crippen LogP) is 2.40. The summed E-state index contributed by atoms with van der Waals surface area (Å²) >= 11 is 0. The maximum absolute atomic E-state index is 14.4. The summed E-state index contributed by atoms with van der Waals surface area (Å²) in [6.07, 6.45) is 2.69. The van der Waals surface area contributed by atoms with Gasteiger partial charge in [0.25, 0.3) is 5.91 Å². The number of aryl methyl sites for hydroxylation is 1. The number of rotatable bonds is 6. The Hall–Kier alpha value is -3.62. The van der Waals surface area contributed by atoms with Crippen LogP contribution in [0.15, 0.2) is 30.3 Å². The van der Waals surface area contributed by atoms with Crippen LogP contribution in [-0.2, 0) is 11.3 Å². The second-order valence-corrected chi connectivity index (χ2v) is 8.05. The Morgan fingerprint density at radius 2 is 2.03 bits per heavy atom. The van der Waals surface area contributed by atoms with E-state index < -0.39 is 17.8 Å². The average Bonchev–Trinajstić information content (AvgIpc) is 3.52. The molecule has 2 aromatic carbocycles. The summed E-state index contributed by atoms with van der Waals surface area (Å²) in [6, 6.07) is 7.53. The van der Waals surface area contributed by atoms with Crippen molar-refractivity contribution in [2.75, 3.05) is 11.9 Å². The SMILES string of the molecule is NC(=O)c1ccc(-c2nc3cc(N[C@H](C(N)=O)C4CC4)cc4c3n2CCCO4)cc1F. The van der Waals surface area contributed by atoms with E-state index in [1.807, 2.05) is 16.7 Å². The van der Waals surface area contributed by atoms with Crippen LogP contribution in [0.1, 0.15) is 29.6 Å². The highest BCUT2D eigenvalue weighted by atomic mass is 19.1. The molecule has 2 aliphatic rings. The van der Waals surface area contributed by atoms with Crippen molar-refractivity contribution >= 4 is 28.5 Å². The van der Waals surface area contributed by atoms with E-state index in [-0.39, 0.29) is 17.4 Å². The summed E-state index contributed by atoms with van der Waals surface area (Å²) in [7, 11) is 0. The number of amides is 2. The summed E-state index contributed by atoms with van der Waals surface area (Å²) in [6.45, 7) is 1.17. The first-order chi connectivity index (χ1) is 14.9. The number of anilines is 1. The summed E-state index contributed by atoms with van der Waals surface area (Å²) < 4.78 is 22.3. The molecule has 1 saturated carbocycles. The number of carbonyl (C=O) groups excluding carboxylic acids is 2. The number of primary amides is 2. The molecule has 0 radical (unpaired) electrons. The number of carbonyl (C=O) groups is 2. The van der Waals surface area contributed by atoms with Gasteiger partial charge in [0.15, 0.2) is 0 Å². The molecule has 1 aromatic heterocycles. The van der Waals surface area contributed by atoms with Crippen LogP contribution in [0.5, 0.6) is 5.75 Å².